The van der Waals surface area contributed by atoms with Crippen LogP contribution in [0.15, 0.2) is 24.3 Å². The van der Waals surface area contributed by atoms with E-state index in [0.717, 1.165) is 5.75 Å². The van der Waals surface area contributed by atoms with Crippen LogP contribution in [0.4, 0.5) is 0 Å². The smallest absolute Gasteiger partial charge is 0.465 e. The van der Waals surface area contributed by atoms with Crippen LogP contribution in [-0.2, 0) is 9.31 Å². The first-order valence-electron chi connectivity index (χ1n) is 6.76. The maximum absolute atomic E-state index is 6.08. The van der Waals surface area contributed by atoms with E-state index in [2.05, 4.69) is 46.8 Å². The lowest BCUT2D eigenvalue weighted by molar-refractivity contribution is 0.00578. The van der Waals surface area contributed by atoms with Crippen LogP contribution in [0, 0.1) is 0 Å². The molecule has 0 radical (unpaired) electrons. The molecule has 19 heavy (non-hydrogen) atoms. The van der Waals surface area contributed by atoms with Gasteiger partial charge in [0.05, 0.1) is 18.3 Å². The van der Waals surface area contributed by atoms with Crippen molar-refractivity contribution in [3.63, 3.8) is 0 Å². The quantitative estimate of drug-likeness (QED) is 0.781. The first kappa shape index (κ1) is 14.4. The van der Waals surface area contributed by atoms with Crippen LogP contribution in [0.25, 0.3) is 0 Å². The Morgan fingerprint density at radius 3 is 1.89 bits per heavy atom. The van der Waals surface area contributed by atoms with Crippen LogP contribution in [0.1, 0.15) is 46.0 Å². The van der Waals surface area contributed by atoms with E-state index in [4.69, 9.17) is 14.0 Å². The molecule has 1 aromatic carbocycles. The molecule has 0 saturated carbocycles. The van der Waals surface area contributed by atoms with Gasteiger partial charge in [-0.25, -0.2) is 0 Å². The van der Waals surface area contributed by atoms with E-state index in [9.17, 15) is 0 Å². The normalized spacial score (nSPS) is 22.3. The van der Waals surface area contributed by atoms with Crippen molar-refractivity contribution in [3.05, 3.63) is 29.8 Å². The van der Waals surface area contributed by atoms with Gasteiger partial charge in [-0.05, 0) is 45.4 Å². The summed E-state index contributed by atoms with van der Waals surface area (Å²) < 4.78 is 17.3. The molecule has 4 heteroatoms. The zero-order chi connectivity index (χ0) is 14.3. The van der Waals surface area contributed by atoms with Gasteiger partial charge in [0.1, 0.15) is 5.75 Å². The third kappa shape index (κ3) is 2.65. The topological polar surface area (TPSA) is 27.7 Å². The van der Waals surface area contributed by atoms with Gasteiger partial charge in [0.25, 0.3) is 0 Å². The highest BCUT2D eigenvalue weighted by molar-refractivity contribution is 6.47. The molecule has 0 N–H and O–H groups in total. The zero-order valence-electron chi connectivity index (χ0n) is 12.7. The zero-order valence-corrected chi connectivity index (χ0v) is 12.7. The van der Waals surface area contributed by atoms with Gasteiger partial charge in [-0.1, -0.05) is 19.1 Å². The van der Waals surface area contributed by atoms with Crippen molar-refractivity contribution in [3.8, 4) is 5.75 Å². The highest BCUT2D eigenvalue weighted by atomic mass is 16.7. The van der Waals surface area contributed by atoms with Crippen molar-refractivity contribution in [1.29, 1.82) is 0 Å². The molecule has 1 aromatic rings. The summed E-state index contributed by atoms with van der Waals surface area (Å²) in [5, 5.41) is 0. The van der Waals surface area contributed by atoms with E-state index in [0.29, 0.717) is 0 Å². The van der Waals surface area contributed by atoms with Crippen LogP contribution < -0.4 is 4.74 Å². The van der Waals surface area contributed by atoms with E-state index in [1.165, 1.54) is 5.56 Å². The van der Waals surface area contributed by atoms with Crippen molar-refractivity contribution < 1.29 is 14.0 Å². The van der Waals surface area contributed by atoms with Crippen molar-refractivity contribution in [2.45, 2.75) is 51.6 Å². The van der Waals surface area contributed by atoms with Crippen LogP contribution in [0.5, 0.6) is 5.75 Å². The second-order valence-corrected chi connectivity index (χ2v) is 6.19. The van der Waals surface area contributed by atoms with Gasteiger partial charge in [0.2, 0.25) is 0 Å². The van der Waals surface area contributed by atoms with Gasteiger partial charge < -0.3 is 14.0 Å². The fourth-order valence-corrected chi connectivity index (χ4v) is 2.16. The lowest BCUT2D eigenvalue weighted by atomic mass is 9.69. The molecule has 104 valence electrons. The average Bonchev–Trinajstić information content (AvgIpc) is 2.58. The molecule has 0 amide bonds. The summed E-state index contributed by atoms with van der Waals surface area (Å²) in [6, 6.07) is 8.07. The number of hydrogen-bond acceptors (Lipinski definition) is 3. The molecular weight excluding hydrogens is 239 g/mol. The van der Waals surface area contributed by atoms with E-state index < -0.39 is 0 Å². The van der Waals surface area contributed by atoms with Crippen molar-refractivity contribution >= 4 is 7.12 Å². The molecule has 1 heterocycles. The molecule has 1 fully saturated rings. The number of benzene rings is 1. The molecule has 0 aromatic heterocycles. The average molecular weight is 262 g/mol. The summed E-state index contributed by atoms with van der Waals surface area (Å²) >= 11 is 0. The molecule has 3 nitrogen and oxygen atoms in total. The minimum absolute atomic E-state index is 0.187. The summed E-state index contributed by atoms with van der Waals surface area (Å²) in [4.78, 5) is 0. The Morgan fingerprint density at radius 2 is 1.47 bits per heavy atom. The summed E-state index contributed by atoms with van der Waals surface area (Å²) in [5.74, 6) is 1.05. The highest BCUT2D eigenvalue weighted by Crippen LogP contribution is 2.40. The van der Waals surface area contributed by atoms with E-state index in [-0.39, 0.29) is 24.1 Å². The van der Waals surface area contributed by atoms with Crippen molar-refractivity contribution in [2.75, 3.05) is 7.11 Å². The fourth-order valence-electron chi connectivity index (χ4n) is 2.16. The Morgan fingerprint density at radius 1 is 1.00 bits per heavy atom. The van der Waals surface area contributed by atoms with Crippen LogP contribution in [0.2, 0.25) is 0 Å². The van der Waals surface area contributed by atoms with E-state index >= 15 is 0 Å². The van der Waals surface area contributed by atoms with Crippen LogP contribution >= 0.6 is 0 Å². The van der Waals surface area contributed by atoms with Gasteiger partial charge in [-0.15, -0.1) is 0 Å². The van der Waals surface area contributed by atoms with Gasteiger partial charge in [0.15, 0.2) is 0 Å². The van der Waals surface area contributed by atoms with E-state index in [1.807, 2.05) is 12.1 Å². The molecule has 2 rings (SSSR count). The maximum Gasteiger partial charge on any atom is 0.465 e. The largest absolute Gasteiger partial charge is 0.497 e. The molecule has 1 aliphatic heterocycles. The Kier molecular flexibility index (Phi) is 3.67. The fraction of sp³-hybridized carbons (Fsp3) is 0.600. The number of rotatable bonds is 3. The Labute approximate surface area is 116 Å². The lowest BCUT2D eigenvalue weighted by Crippen LogP contribution is -2.41. The molecule has 0 bridgehead atoms. The second kappa shape index (κ2) is 4.84. The highest BCUT2D eigenvalue weighted by Gasteiger charge is 2.52. The molecule has 0 aliphatic carbocycles. The van der Waals surface area contributed by atoms with E-state index in [1.54, 1.807) is 7.11 Å². The summed E-state index contributed by atoms with van der Waals surface area (Å²) in [5.41, 5.74) is 0.635. The SMILES string of the molecule is COc1ccc([C@H](C)B2OC(C)(C)C(C)(C)O2)cc1. The standard InChI is InChI=1S/C15H23BO3/c1-11(12-7-9-13(17-6)10-8-12)16-18-14(2,3)15(4,5)19-16/h7-11H,1-6H3/t11-/m0/s1. The number of methoxy groups -OCH3 is 1. The van der Waals surface area contributed by atoms with Gasteiger partial charge >= 0.3 is 7.12 Å². The van der Waals surface area contributed by atoms with Crippen molar-refractivity contribution in [2.24, 2.45) is 0 Å². The van der Waals surface area contributed by atoms with Gasteiger partial charge in [-0.2, -0.15) is 0 Å². The molecule has 0 unspecified atom stereocenters. The first-order valence-corrected chi connectivity index (χ1v) is 6.76. The van der Waals surface area contributed by atoms with Crippen molar-refractivity contribution in [1.82, 2.24) is 0 Å². The monoisotopic (exact) mass is 262 g/mol. The molecular formula is C15H23BO3. The predicted molar refractivity (Wildman–Crippen MR) is 77.5 cm³/mol. The first-order chi connectivity index (χ1) is 8.77. The molecule has 1 saturated heterocycles. The number of hydrogen-bond donors (Lipinski definition) is 0. The lowest BCUT2D eigenvalue weighted by Gasteiger charge is -2.32. The van der Waals surface area contributed by atoms with Gasteiger partial charge in [-0.3, -0.25) is 0 Å². The molecule has 0 spiro atoms. The second-order valence-electron chi connectivity index (χ2n) is 6.19. The summed E-state index contributed by atoms with van der Waals surface area (Å²) in [6.07, 6.45) is 0. The van der Waals surface area contributed by atoms with Gasteiger partial charge in [0, 0.05) is 5.82 Å². The maximum atomic E-state index is 6.08. The third-order valence-corrected chi connectivity index (χ3v) is 4.32. The predicted octanol–water partition coefficient (Wildman–Crippen LogP) is 3.43. The Balaban J connectivity index is 2.14. The minimum atomic E-state index is -0.279. The minimum Gasteiger partial charge on any atom is -0.497 e. The molecule has 1 atom stereocenters. The Hall–Kier alpha value is -0.995. The summed E-state index contributed by atoms with van der Waals surface area (Å²) in [7, 11) is 1.46. The van der Waals surface area contributed by atoms with Crippen LogP contribution in [0.3, 0.4) is 0 Å². The third-order valence-electron chi connectivity index (χ3n) is 4.32. The Bertz CT molecular complexity index is 423. The van der Waals surface area contributed by atoms with Crippen LogP contribution in [-0.4, -0.2) is 25.4 Å². The number of ether oxygens (including phenoxy) is 1. The molecule has 1 aliphatic rings. The summed E-state index contributed by atoms with van der Waals surface area (Å²) in [6.45, 7) is 10.4.